The summed E-state index contributed by atoms with van der Waals surface area (Å²) >= 11 is 0. The molecule has 0 amide bonds. The minimum absolute atomic E-state index is 0.00609. The fourth-order valence-electron chi connectivity index (χ4n) is 1.87. The number of hydrogen-bond donors (Lipinski definition) is 1. The summed E-state index contributed by atoms with van der Waals surface area (Å²) in [7, 11) is 0. The lowest BCUT2D eigenvalue weighted by Gasteiger charge is -2.08. The van der Waals surface area contributed by atoms with Gasteiger partial charge >= 0.3 is 0 Å². The zero-order chi connectivity index (χ0) is 13.2. The van der Waals surface area contributed by atoms with Gasteiger partial charge in [0.1, 0.15) is 5.75 Å². The Kier molecular flexibility index (Phi) is 3.21. The van der Waals surface area contributed by atoms with Crippen LogP contribution in [0.25, 0.3) is 0 Å². The summed E-state index contributed by atoms with van der Waals surface area (Å²) < 4.78 is 10.8. The Morgan fingerprint density at radius 1 is 1.47 bits per heavy atom. The number of aromatic nitrogens is 2. The number of nitrogens with zero attached hydrogens (tertiary/aromatic N) is 2. The van der Waals surface area contributed by atoms with Crippen LogP contribution < -0.4 is 10.5 Å². The van der Waals surface area contributed by atoms with Crippen LogP contribution in [-0.2, 0) is 6.61 Å². The van der Waals surface area contributed by atoms with Gasteiger partial charge in [0.05, 0.1) is 0 Å². The number of rotatable bonds is 5. The summed E-state index contributed by atoms with van der Waals surface area (Å²) in [6, 6.07) is 7.73. The maximum atomic E-state index is 5.84. The van der Waals surface area contributed by atoms with Crippen molar-refractivity contribution in [2.75, 3.05) is 0 Å². The van der Waals surface area contributed by atoms with Crippen molar-refractivity contribution in [1.29, 1.82) is 0 Å². The van der Waals surface area contributed by atoms with Crippen molar-refractivity contribution >= 4 is 0 Å². The van der Waals surface area contributed by atoms with Gasteiger partial charge in [-0.3, -0.25) is 0 Å². The van der Waals surface area contributed by atoms with Crippen molar-refractivity contribution in [2.24, 2.45) is 5.73 Å². The molecule has 1 unspecified atom stereocenters. The molecule has 0 bridgehead atoms. The van der Waals surface area contributed by atoms with Gasteiger partial charge in [0.2, 0.25) is 0 Å². The van der Waals surface area contributed by atoms with Crippen LogP contribution >= 0.6 is 0 Å². The summed E-state index contributed by atoms with van der Waals surface area (Å²) in [5.41, 5.74) is 6.88. The molecule has 1 aromatic carbocycles. The van der Waals surface area contributed by atoms with Crippen molar-refractivity contribution in [1.82, 2.24) is 10.1 Å². The van der Waals surface area contributed by atoms with Crippen molar-refractivity contribution in [2.45, 2.75) is 38.3 Å². The van der Waals surface area contributed by atoms with E-state index in [1.807, 2.05) is 31.2 Å². The third kappa shape index (κ3) is 2.93. The molecule has 1 fully saturated rings. The van der Waals surface area contributed by atoms with E-state index in [1.165, 1.54) is 0 Å². The summed E-state index contributed by atoms with van der Waals surface area (Å²) in [5, 5.41) is 3.95. The van der Waals surface area contributed by atoms with Gasteiger partial charge in [-0.1, -0.05) is 17.3 Å². The Balaban J connectivity index is 1.62. The lowest BCUT2D eigenvalue weighted by atomic mass is 10.1. The van der Waals surface area contributed by atoms with Crippen molar-refractivity contribution in [3.8, 4) is 5.75 Å². The van der Waals surface area contributed by atoms with Crippen LogP contribution in [0.4, 0.5) is 0 Å². The molecule has 0 saturated heterocycles. The second-order valence-electron chi connectivity index (χ2n) is 4.97. The molecule has 1 saturated carbocycles. The maximum absolute atomic E-state index is 5.84. The van der Waals surface area contributed by atoms with E-state index in [0.717, 1.165) is 30.0 Å². The van der Waals surface area contributed by atoms with Crippen LogP contribution in [0.5, 0.6) is 5.75 Å². The van der Waals surface area contributed by atoms with Crippen LogP contribution in [0.15, 0.2) is 28.8 Å². The van der Waals surface area contributed by atoms with Gasteiger partial charge in [-0.05, 0) is 37.5 Å². The first-order chi connectivity index (χ1) is 9.22. The minimum atomic E-state index is -0.00609. The molecule has 19 heavy (non-hydrogen) atoms. The molecule has 2 N–H and O–H groups in total. The SMILES string of the molecule is CC(N)c1cccc(OCc2nc(C3CC3)no2)c1. The molecule has 0 aliphatic heterocycles. The Morgan fingerprint density at radius 2 is 2.32 bits per heavy atom. The summed E-state index contributed by atoms with van der Waals surface area (Å²) in [5.74, 6) is 2.59. The maximum Gasteiger partial charge on any atom is 0.264 e. The molecule has 1 aromatic heterocycles. The van der Waals surface area contributed by atoms with E-state index in [9.17, 15) is 0 Å². The fourth-order valence-corrected chi connectivity index (χ4v) is 1.87. The zero-order valence-electron chi connectivity index (χ0n) is 10.9. The van der Waals surface area contributed by atoms with E-state index in [1.54, 1.807) is 0 Å². The van der Waals surface area contributed by atoms with Gasteiger partial charge in [0.25, 0.3) is 5.89 Å². The lowest BCUT2D eigenvalue weighted by Crippen LogP contribution is -2.05. The Hall–Kier alpha value is -1.88. The van der Waals surface area contributed by atoms with Crippen LogP contribution in [0, 0.1) is 0 Å². The van der Waals surface area contributed by atoms with Crippen molar-refractivity contribution < 1.29 is 9.26 Å². The number of benzene rings is 1. The van der Waals surface area contributed by atoms with Gasteiger partial charge in [0.15, 0.2) is 12.4 Å². The lowest BCUT2D eigenvalue weighted by molar-refractivity contribution is 0.242. The van der Waals surface area contributed by atoms with E-state index in [-0.39, 0.29) is 6.04 Å². The van der Waals surface area contributed by atoms with Crippen LogP contribution in [-0.4, -0.2) is 10.1 Å². The molecule has 1 aliphatic carbocycles. The van der Waals surface area contributed by atoms with Crippen molar-refractivity contribution in [3.63, 3.8) is 0 Å². The Bertz CT molecular complexity index is 561. The molecule has 1 heterocycles. The molecule has 1 aliphatic rings. The third-order valence-corrected chi connectivity index (χ3v) is 3.17. The summed E-state index contributed by atoms with van der Waals surface area (Å²) in [6.45, 7) is 2.24. The molecule has 5 heteroatoms. The molecule has 0 spiro atoms. The van der Waals surface area contributed by atoms with Gasteiger partial charge in [0, 0.05) is 12.0 Å². The molecule has 5 nitrogen and oxygen atoms in total. The highest BCUT2D eigenvalue weighted by Crippen LogP contribution is 2.38. The molecule has 2 aromatic rings. The van der Waals surface area contributed by atoms with Crippen LogP contribution in [0.2, 0.25) is 0 Å². The minimum Gasteiger partial charge on any atom is -0.484 e. The largest absolute Gasteiger partial charge is 0.484 e. The van der Waals surface area contributed by atoms with E-state index in [4.69, 9.17) is 15.0 Å². The van der Waals surface area contributed by atoms with Gasteiger partial charge in [-0.2, -0.15) is 4.98 Å². The summed E-state index contributed by atoms with van der Waals surface area (Å²) in [4.78, 5) is 4.32. The van der Waals surface area contributed by atoms with E-state index in [0.29, 0.717) is 18.4 Å². The predicted octanol–water partition coefficient (Wildman–Crippen LogP) is 2.55. The number of ether oxygens (including phenoxy) is 1. The average molecular weight is 259 g/mol. The smallest absolute Gasteiger partial charge is 0.264 e. The first-order valence-corrected chi connectivity index (χ1v) is 6.53. The third-order valence-electron chi connectivity index (χ3n) is 3.17. The molecular weight excluding hydrogens is 242 g/mol. The molecular formula is C14H17N3O2. The number of nitrogens with two attached hydrogens (primary N) is 1. The monoisotopic (exact) mass is 259 g/mol. The molecule has 1 atom stereocenters. The van der Waals surface area contributed by atoms with Crippen LogP contribution in [0.3, 0.4) is 0 Å². The average Bonchev–Trinajstić information content (AvgIpc) is 3.16. The number of hydrogen-bond acceptors (Lipinski definition) is 5. The highest BCUT2D eigenvalue weighted by atomic mass is 16.5. The Labute approximate surface area is 111 Å². The van der Waals surface area contributed by atoms with Gasteiger partial charge in [-0.15, -0.1) is 0 Å². The quantitative estimate of drug-likeness (QED) is 0.893. The first kappa shape index (κ1) is 12.2. The highest BCUT2D eigenvalue weighted by molar-refractivity contribution is 5.30. The Morgan fingerprint density at radius 3 is 3.05 bits per heavy atom. The van der Waals surface area contributed by atoms with E-state index < -0.39 is 0 Å². The first-order valence-electron chi connectivity index (χ1n) is 6.53. The molecule has 100 valence electrons. The van der Waals surface area contributed by atoms with Gasteiger partial charge < -0.3 is 15.0 Å². The van der Waals surface area contributed by atoms with E-state index in [2.05, 4.69) is 10.1 Å². The normalized spacial score (nSPS) is 16.3. The highest BCUT2D eigenvalue weighted by Gasteiger charge is 2.28. The predicted molar refractivity (Wildman–Crippen MR) is 69.6 cm³/mol. The molecule has 3 rings (SSSR count). The second-order valence-corrected chi connectivity index (χ2v) is 4.97. The van der Waals surface area contributed by atoms with Crippen LogP contribution in [0.1, 0.15) is 49.0 Å². The summed E-state index contributed by atoms with van der Waals surface area (Å²) in [6.07, 6.45) is 2.33. The molecule has 0 radical (unpaired) electrons. The van der Waals surface area contributed by atoms with Crippen molar-refractivity contribution in [3.05, 3.63) is 41.5 Å². The fraction of sp³-hybridized carbons (Fsp3) is 0.429. The zero-order valence-corrected chi connectivity index (χ0v) is 10.9. The van der Waals surface area contributed by atoms with Gasteiger partial charge in [-0.25, -0.2) is 0 Å². The standard InChI is InChI=1S/C14H17N3O2/c1-9(15)11-3-2-4-12(7-11)18-8-13-16-14(17-19-13)10-5-6-10/h2-4,7,9-10H,5-6,8,15H2,1H3. The van der Waals surface area contributed by atoms with E-state index >= 15 is 0 Å². The topological polar surface area (TPSA) is 74.2 Å². The second kappa shape index (κ2) is 5.01.